The van der Waals surface area contributed by atoms with Crippen LogP contribution < -0.4 is 11.0 Å². The number of nitrogens with one attached hydrogen (secondary N) is 3. The molecule has 0 radical (unpaired) electrons. The van der Waals surface area contributed by atoms with Gasteiger partial charge in [0, 0.05) is 0 Å². The highest BCUT2D eigenvalue weighted by molar-refractivity contribution is 5.78. The van der Waals surface area contributed by atoms with E-state index in [2.05, 4.69) is 30.9 Å². The van der Waals surface area contributed by atoms with E-state index in [1.807, 2.05) is 18.2 Å². The number of benzene rings is 1. The van der Waals surface area contributed by atoms with E-state index < -0.39 is 0 Å². The topological polar surface area (TPSA) is 109 Å². The van der Waals surface area contributed by atoms with E-state index in [4.69, 9.17) is 4.84 Å². The van der Waals surface area contributed by atoms with E-state index in [1.165, 1.54) is 12.4 Å². The highest BCUT2D eigenvalue weighted by Gasteiger charge is 2.02. The van der Waals surface area contributed by atoms with Crippen LogP contribution in [0.3, 0.4) is 0 Å². The molecule has 0 saturated heterocycles. The van der Waals surface area contributed by atoms with E-state index in [0.29, 0.717) is 17.9 Å². The van der Waals surface area contributed by atoms with Crippen molar-refractivity contribution in [3.05, 3.63) is 46.5 Å². The van der Waals surface area contributed by atoms with Crippen molar-refractivity contribution in [2.45, 2.75) is 12.8 Å². The van der Waals surface area contributed by atoms with Crippen molar-refractivity contribution in [3.63, 3.8) is 0 Å². The number of nitrogens with zero attached hydrogens (tertiary/aromatic N) is 3. The van der Waals surface area contributed by atoms with E-state index in [1.54, 1.807) is 0 Å². The van der Waals surface area contributed by atoms with Gasteiger partial charge in [0.25, 0.3) is 11.5 Å². The summed E-state index contributed by atoms with van der Waals surface area (Å²) in [5.74, 6) is 0.337. The molecule has 0 saturated carbocycles. The third-order valence-corrected chi connectivity index (χ3v) is 3.00. The maximum Gasteiger partial charge on any atom is 0.271 e. The first kappa shape index (κ1) is 13.3. The first-order valence-electron chi connectivity index (χ1n) is 6.54. The van der Waals surface area contributed by atoms with Crippen LogP contribution in [0.1, 0.15) is 12.0 Å². The van der Waals surface area contributed by atoms with Crippen molar-refractivity contribution >= 4 is 16.9 Å². The van der Waals surface area contributed by atoms with Crippen molar-refractivity contribution in [2.75, 3.05) is 12.1 Å². The van der Waals surface area contributed by atoms with Crippen molar-refractivity contribution < 1.29 is 4.84 Å². The highest BCUT2D eigenvalue weighted by atomic mass is 16.6. The van der Waals surface area contributed by atoms with Crippen molar-refractivity contribution in [1.82, 2.24) is 25.4 Å². The molecule has 0 aliphatic carbocycles. The Morgan fingerprint density at radius 1 is 1.24 bits per heavy atom. The van der Waals surface area contributed by atoms with Crippen LogP contribution >= 0.6 is 0 Å². The molecule has 0 fully saturated rings. The van der Waals surface area contributed by atoms with Gasteiger partial charge in [-0.1, -0.05) is 6.07 Å². The number of anilines is 1. The molecule has 8 nitrogen and oxygen atoms in total. The molecule has 0 unspecified atom stereocenters. The number of H-pyrrole nitrogens is 2. The third-order valence-electron chi connectivity index (χ3n) is 3.00. The maximum atomic E-state index is 11.4. The van der Waals surface area contributed by atoms with E-state index in [-0.39, 0.29) is 5.56 Å². The molecule has 3 aromatic rings. The summed E-state index contributed by atoms with van der Waals surface area (Å²) in [6.07, 6.45) is 4.70. The average Bonchev–Trinajstić information content (AvgIpc) is 2.89. The smallest absolute Gasteiger partial charge is 0.271 e. The van der Waals surface area contributed by atoms with Gasteiger partial charge < -0.3 is 0 Å². The minimum Gasteiger partial charge on any atom is -0.298 e. The van der Waals surface area contributed by atoms with Crippen LogP contribution in [-0.2, 0) is 11.3 Å². The maximum absolute atomic E-state index is 11.4. The Bertz CT molecular complexity index is 767. The summed E-state index contributed by atoms with van der Waals surface area (Å²) in [5, 5.41) is 13.5. The molecule has 0 atom stereocenters. The number of fused-ring (bicyclic) bond motifs is 1. The Labute approximate surface area is 119 Å². The third kappa shape index (κ3) is 3.23. The fraction of sp³-hybridized carbons (Fsp3) is 0.231. The van der Waals surface area contributed by atoms with Gasteiger partial charge in [-0.05, 0) is 30.5 Å². The molecule has 0 aliphatic rings. The largest absolute Gasteiger partial charge is 0.298 e. The molecule has 2 heterocycles. The van der Waals surface area contributed by atoms with E-state index in [9.17, 15) is 4.79 Å². The van der Waals surface area contributed by atoms with Gasteiger partial charge in [-0.2, -0.15) is 5.10 Å². The van der Waals surface area contributed by atoms with Crippen molar-refractivity contribution in [3.8, 4) is 0 Å². The predicted molar refractivity (Wildman–Crippen MR) is 76.6 cm³/mol. The molecule has 0 spiro atoms. The number of aromatic amines is 2. The quantitative estimate of drug-likeness (QED) is 0.461. The lowest BCUT2D eigenvalue weighted by Crippen LogP contribution is -2.07. The molecule has 8 heteroatoms. The molecule has 1 aromatic carbocycles. The van der Waals surface area contributed by atoms with Gasteiger partial charge in [-0.15, -0.1) is 5.10 Å². The minimum atomic E-state index is -0.0967. The summed E-state index contributed by atoms with van der Waals surface area (Å²) < 4.78 is 0. The van der Waals surface area contributed by atoms with E-state index >= 15 is 0 Å². The van der Waals surface area contributed by atoms with Gasteiger partial charge in [-0.25, -0.2) is 10.5 Å². The molecular formula is C13H14N6O2. The van der Waals surface area contributed by atoms with Gasteiger partial charge >= 0.3 is 0 Å². The lowest BCUT2D eigenvalue weighted by Gasteiger charge is -2.04. The summed E-state index contributed by atoms with van der Waals surface area (Å²) in [6, 6.07) is 5.73. The Morgan fingerprint density at radius 3 is 3.05 bits per heavy atom. The second kappa shape index (κ2) is 6.14. The fourth-order valence-corrected chi connectivity index (χ4v) is 2.00. The van der Waals surface area contributed by atoms with E-state index in [0.717, 1.165) is 23.9 Å². The van der Waals surface area contributed by atoms with Gasteiger partial charge in [0.15, 0.2) is 0 Å². The second-order valence-electron chi connectivity index (χ2n) is 4.48. The zero-order chi connectivity index (χ0) is 14.5. The molecule has 0 amide bonds. The van der Waals surface area contributed by atoms with Crippen LogP contribution in [0.25, 0.3) is 10.9 Å². The van der Waals surface area contributed by atoms with Crippen LogP contribution in [0.2, 0.25) is 0 Å². The monoisotopic (exact) mass is 286 g/mol. The SMILES string of the molecule is O=c1[nH][nH]c2cc(CCCONc3nccnn3)ccc12. The van der Waals surface area contributed by atoms with Gasteiger partial charge in [0.05, 0.1) is 29.9 Å². The Hall–Kier alpha value is -2.74. The van der Waals surface area contributed by atoms with Gasteiger partial charge in [0.1, 0.15) is 0 Å². The lowest BCUT2D eigenvalue weighted by atomic mass is 10.1. The second-order valence-corrected chi connectivity index (χ2v) is 4.48. The number of hydrogen-bond donors (Lipinski definition) is 3. The number of aromatic nitrogens is 5. The number of hydrogen-bond acceptors (Lipinski definition) is 6. The first-order valence-corrected chi connectivity index (χ1v) is 6.54. The summed E-state index contributed by atoms with van der Waals surface area (Å²) in [6.45, 7) is 0.514. The normalized spacial score (nSPS) is 10.9. The fourth-order valence-electron chi connectivity index (χ4n) is 2.00. The predicted octanol–water partition coefficient (Wildman–Crippen LogP) is 1.02. The molecular weight excluding hydrogens is 272 g/mol. The molecule has 21 heavy (non-hydrogen) atoms. The summed E-state index contributed by atoms with van der Waals surface area (Å²) in [7, 11) is 0. The minimum absolute atomic E-state index is 0.0967. The first-order chi connectivity index (χ1) is 10.3. The Morgan fingerprint density at radius 2 is 2.19 bits per heavy atom. The van der Waals surface area contributed by atoms with Crippen molar-refractivity contribution in [1.29, 1.82) is 0 Å². The molecule has 2 aromatic heterocycles. The molecule has 3 rings (SSSR count). The standard InChI is InChI=1S/C13H14N6O2/c20-12-10-4-3-9(8-11(10)16-17-12)2-1-7-21-19-13-14-5-6-15-18-13/h3-6,8H,1-2,7H2,(H,14,18,19)(H2,16,17,20). The number of rotatable bonds is 6. The average molecular weight is 286 g/mol. The zero-order valence-electron chi connectivity index (χ0n) is 11.2. The number of aryl methyl sites for hydroxylation is 1. The summed E-state index contributed by atoms with van der Waals surface area (Å²) in [4.78, 5) is 20.6. The molecule has 0 bridgehead atoms. The van der Waals surface area contributed by atoms with Crippen LogP contribution in [0.15, 0.2) is 35.4 Å². The lowest BCUT2D eigenvalue weighted by molar-refractivity contribution is 0.187. The van der Waals surface area contributed by atoms with Crippen LogP contribution in [0.5, 0.6) is 0 Å². The van der Waals surface area contributed by atoms with Crippen molar-refractivity contribution in [2.24, 2.45) is 0 Å². The van der Waals surface area contributed by atoms with Crippen LogP contribution in [0, 0.1) is 0 Å². The molecule has 3 N–H and O–H groups in total. The Balaban J connectivity index is 1.47. The van der Waals surface area contributed by atoms with Gasteiger partial charge in [-0.3, -0.25) is 19.8 Å². The van der Waals surface area contributed by atoms with Crippen LogP contribution in [-0.4, -0.2) is 32.0 Å². The summed E-state index contributed by atoms with van der Waals surface area (Å²) in [5.41, 5.74) is 4.49. The zero-order valence-corrected chi connectivity index (χ0v) is 11.2. The summed E-state index contributed by atoms with van der Waals surface area (Å²) >= 11 is 0. The highest BCUT2D eigenvalue weighted by Crippen LogP contribution is 2.11. The molecule has 0 aliphatic heterocycles. The van der Waals surface area contributed by atoms with Gasteiger partial charge in [0.2, 0.25) is 0 Å². The molecule has 108 valence electrons. The van der Waals surface area contributed by atoms with Crippen LogP contribution in [0.4, 0.5) is 5.95 Å². The Kier molecular flexibility index (Phi) is 3.88.